The van der Waals surface area contributed by atoms with E-state index >= 15 is 0 Å². The van der Waals surface area contributed by atoms with Crippen LogP contribution in [0, 0.1) is 6.92 Å². The summed E-state index contributed by atoms with van der Waals surface area (Å²) in [7, 11) is 0. The minimum Gasteiger partial charge on any atom is -0.508 e. The third kappa shape index (κ3) is 2.61. The predicted molar refractivity (Wildman–Crippen MR) is 80.7 cm³/mol. The van der Waals surface area contributed by atoms with E-state index < -0.39 is 0 Å². The van der Waals surface area contributed by atoms with E-state index in [1.807, 2.05) is 12.1 Å². The van der Waals surface area contributed by atoms with Gasteiger partial charge in [-0.25, -0.2) is 0 Å². The van der Waals surface area contributed by atoms with Crippen LogP contribution >= 0.6 is 0 Å². The van der Waals surface area contributed by atoms with Crippen molar-refractivity contribution in [1.29, 1.82) is 0 Å². The van der Waals surface area contributed by atoms with E-state index in [1.54, 1.807) is 6.07 Å². The number of hydrogen-bond acceptors (Lipinski definition) is 2. The highest BCUT2D eigenvalue weighted by Crippen LogP contribution is 2.31. The van der Waals surface area contributed by atoms with Gasteiger partial charge in [-0.15, -0.1) is 0 Å². The zero-order valence-corrected chi connectivity index (χ0v) is 12.3. The summed E-state index contributed by atoms with van der Waals surface area (Å²) in [6.45, 7) is 10.6. The van der Waals surface area contributed by atoms with Crippen LogP contribution in [0.1, 0.15) is 44.5 Å². The summed E-state index contributed by atoms with van der Waals surface area (Å²) < 4.78 is 2.34. The normalized spacial score (nSPS) is 11.6. The number of hydrogen-bond donors (Lipinski definition) is 2. The van der Waals surface area contributed by atoms with E-state index in [0.29, 0.717) is 11.8 Å². The molecule has 0 aliphatic carbocycles. The molecule has 3 heteroatoms. The van der Waals surface area contributed by atoms with Gasteiger partial charge >= 0.3 is 0 Å². The fourth-order valence-corrected chi connectivity index (χ4v) is 2.78. The second kappa shape index (κ2) is 5.66. The third-order valence-corrected chi connectivity index (χ3v) is 3.61. The summed E-state index contributed by atoms with van der Waals surface area (Å²) in [6.07, 6.45) is 1.13. The van der Waals surface area contributed by atoms with Crippen molar-refractivity contribution in [3.05, 3.63) is 29.5 Å². The van der Waals surface area contributed by atoms with Gasteiger partial charge in [0, 0.05) is 29.2 Å². The Labute approximate surface area is 115 Å². The number of rotatable bonds is 5. The van der Waals surface area contributed by atoms with Gasteiger partial charge in [-0.2, -0.15) is 0 Å². The summed E-state index contributed by atoms with van der Waals surface area (Å²) in [5, 5.41) is 14.4. The van der Waals surface area contributed by atoms with Crippen molar-refractivity contribution in [2.24, 2.45) is 0 Å². The molecule has 1 aromatic carbocycles. The number of nitrogens with one attached hydrogen (secondary N) is 1. The molecule has 0 amide bonds. The molecule has 2 rings (SSSR count). The van der Waals surface area contributed by atoms with Crippen molar-refractivity contribution in [2.45, 2.75) is 46.7 Å². The van der Waals surface area contributed by atoms with Gasteiger partial charge in [0.2, 0.25) is 0 Å². The molecule has 3 nitrogen and oxygen atoms in total. The quantitative estimate of drug-likeness (QED) is 0.804. The molecule has 0 aliphatic rings. The summed E-state index contributed by atoms with van der Waals surface area (Å²) in [6, 6.07) is 6.08. The Hall–Kier alpha value is -1.48. The molecule has 0 bridgehead atoms. The lowest BCUT2D eigenvalue weighted by atomic mass is 10.1. The zero-order valence-electron chi connectivity index (χ0n) is 12.3. The van der Waals surface area contributed by atoms with Crippen LogP contribution < -0.4 is 5.32 Å². The number of nitrogens with zero attached hydrogens (tertiary/aromatic N) is 1. The molecule has 2 aromatic rings. The monoisotopic (exact) mass is 260 g/mol. The van der Waals surface area contributed by atoms with Crippen molar-refractivity contribution in [1.82, 2.24) is 9.88 Å². The van der Waals surface area contributed by atoms with Crippen LogP contribution in [-0.2, 0) is 6.54 Å². The van der Waals surface area contributed by atoms with Gasteiger partial charge < -0.3 is 15.0 Å². The summed E-state index contributed by atoms with van der Waals surface area (Å²) in [5.41, 5.74) is 3.80. The van der Waals surface area contributed by atoms with Crippen LogP contribution in [0.2, 0.25) is 0 Å². The van der Waals surface area contributed by atoms with E-state index in [4.69, 9.17) is 0 Å². The van der Waals surface area contributed by atoms with Gasteiger partial charge in [-0.3, -0.25) is 0 Å². The number of aromatic nitrogens is 1. The van der Waals surface area contributed by atoms with Crippen LogP contribution in [0.4, 0.5) is 0 Å². The smallest absolute Gasteiger partial charge is 0.116 e. The molecule has 104 valence electrons. The second-order valence-electron chi connectivity index (χ2n) is 5.41. The summed E-state index contributed by atoms with van der Waals surface area (Å²) >= 11 is 0. The minimum atomic E-state index is 0.338. The number of aromatic hydroxyl groups is 1. The fraction of sp³-hybridized carbons (Fsp3) is 0.500. The highest BCUT2D eigenvalue weighted by Gasteiger charge is 2.15. The van der Waals surface area contributed by atoms with Gasteiger partial charge in [-0.1, -0.05) is 6.92 Å². The SMILES string of the molecule is CCCNCc1c(C)n(C(C)C)c2ccc(O)cc12. The summed E-state index contributed by atoms with van der Waals surface area (Å²) in [4.78, 5) is 0. The lowest BCUT2D eigenvalue weighted by molar-refractivity contribution is 0.476. The molecule has 0 fully saturated rings. The number of phenols is 1. The van der Waals surface area contributed by atoms with Crippen molar-refractivity contribution in [3.8, 4) is 5.75 Å². The van der Waals surface area contributed by atoms with Crippen LogP contribution in [0.15, 0.2) is 18.2 Å². The Morgan fingerprint density at radius 2 is 2.05 bits per heavy atom. The molecule has 0 radical (unpaired) electrons. The average Bonchev–Trinajstić information content (AvgIpc) is 2.62. The predicted octanol–water partition coefficient (Wildman–Crippen LogP) is 3.74. The maximum Gasteiger partial charge on any atom is 0.116 e. The molecule has 0 saturated carbocycles. The lowest BCUT2D eigenvalue weighted by Crippen LogP contribution is -2.14. The van der Waals surface area contributed by atoms with Gasteiger partial charge in [0.25, 0.3) is 0 Å². The van der Waals surface area contributed by atoms with Gasteiger partial charge in [0.1, 0.15) is 5.75 Å². The maximum absolute atomic E-state index is 9.74. The fourth-order valence-electron chi connectivity index (χ4n) is 2.78. The first kappa shape index (κ1) is 13.9. The minimum absolute atomic E-state index is 0.338. The average molecular weight is 260 g/mol. The van der Waals surface area contributed by atoms with Crippen molar-refractivity contribution < 1.29 is 5.11 Å². The molecule has 0 saturated heterocycles. The second-order valence-corrected chi connectivity index (χ2v) is 5.41. The Morgan fingerprint density at radius 3 is 2.68 bits per heavy atom. The number of benzene rings is 1. The zero-order chi connectivity index (χ0) is 14.0. The molecule has 0 atom stereocenters. The molecule has 0 unspecified atom stereocenters. The summed E-state index contributed by atoms with van der Waals surface area (Å²) in [5.74, 6) is 0.338. The van der Waals surface area contributed by atoms with Gasteiger partial charge in [-0.05, 0) is 57.5 Å². The third-order valence-electron chi connectivity index (χ3n) is 3.61. The van der Waals surface area contributed by atoms with E-state index in [2.05, 4.69) is 37.6 Å². The van der Waals surface area contributed by atoms with Crippen molar-refractivity contribution >= 4 is 10.9 Å². The molecular weight excluding hydrogens is 236 g/mol. The Kier molecular flexibility index (Phi) is 4.15. The molecule has 19 heavy (non-hydrogen) atoms. The topological polar surface area (TPSA) is 37.2 Å². The van der Waals surface area contributed by atoms with E-state index in [0.717, 1.165) is 24.9 Å². The standard InChI is InChI=1S/C16H24N2O/c1-5-8-17-10-15-12(4)18(11(2)3)16-7-6-13(19)9-14(15)16/h6-7,9,11,17,19H,5,8,10H2,1-4H3. The van der Waals surface area contributed by atoms with E-state index in [1.165, 1.54) is 16.8 Å². The van der Waals surface area contributed by atoms with Gasteiger partial charge in [0.15, 0.2) is 0 Å². The van der Waals surface area contributed by atoms with Crippen LogP contribution in [0.5, 0.6) is 5.75 Å². The first-order chi connectivity index (χ1) is 9.06. The molecule has 1 heterocycles. The van der Waals surface area contributed by atoms with Crippen molar-refractivity contribution in [2.75, 3.05) is 6.54 Å². The van der Waals surface area contributed by atoms with Gasteiger partial charge in [0.05, 0.1) is 0 Å². The van der Waals surface area contributed by atoms with Crippen LogP contribution in [0.3, 0.4) is 0 Å². The highest BCUT2D eigenvalue weighted by atomic mass is 16.3. The lowest BCUT2D eigenvalue weighted by Gasteiger charge is -2.13. The van der Waals surface area contributed by atoms with Crippen LogP contribution in [0.25, 0.3) is 10.9 Å². The molecule has 1 aromatic heterocycles. The molecule has 2 N–H and O–H groups in total. The first-order valence-electron chi connectivity index (χ1n) is 7.09. The number of fused-ring (bicyclic) bond motifs is 1. The largest absolute Gasteiger partial charge is 0.508 e. The molecule has 0 spiro atoms. The van der Waals surface area contributed by atoms with E-state index in [-0.39, 0.29) is 0 Å². The van der Waals surface area contributed by atoms with E-state index in [9.17, 15) is 5.11 Å². The highest BCUT2D eigenvalue weighted by molar-refractivity contribution is 5.87. The maximum atomic E-state index is 9.74. The molecule has 0 aliphatic heterocycles. The Balaban J connectivity index is 2.54. The number of phenolic OH excluding ortho intramolecular Hbond substituents is 1. The Morgan fingerprint density at radius 1 is 1.32 bits per heavy atom. The van der Waals surface area contributed by atoms with Crippen molar-refractivity contribution in [3.63, 3.8) is 0 Å². The Bertz CT molecular complexity index is 570. The first-order valence-corrected chi connectivity index (χ1v) is 7.09. The molecular formula is C16H24N2O. The van der Waals surface area contributed by atoms with Crippen LogP contribution in [-0.4, -0.2) is 16.2 Å².